The van der Waals surface area contributed by atoms with E-state index < -0.39 is 5.97 Å². The molecule has 1 N–H and O–H groups in total. The van der Waals surface area contributed by atoms with E-state index >= 15 is 0 Å². The van der Waals surface area contributed by atoms with Gasteiger partial charge in [0.1, 0.15) is 4.88 Å². The molecule has 4 nitrogen and oxygen atoms in total. The van der Waals surface area contributed by atoms with Crippen LogP contribution in [-0.4, -0.2) is 18.5 Å². The third kappa shape index (κ3) is 4.33. The van der Waals surface area contributed by atoms with Crippen LogP contribution in [0.1, 0.15) is 62.6 Å². The fourth-order valence-electron chi connectivity index (χ4n) is 3.19. The Bertz CT molecular complexity index is 801. The van der Waals surface area contributed by atoms with Crippen LogP contribution < -0.4 is 5.32 Å². The molecule has 0 saturated heterocycles. The molecule has 1 aliphatic rings. The van der Waals surface area contributed by atoms with Crippen LogP contribution in [0.5, 0.6) is 0 Å². The summed E-state index contributed by atoms with van der Waals surface area (Å²) in [7, 11) is 0. The zero-order valence-corrected chi connectivity index (χ0v) is 16.4. The van der Waals surface area contributed by atoms with Gasteiger partial charge in [0.2, 0.25) is 0 Å². The minimum atomic E-state index is -0.404. The second kappa shape index (κ2) is 8.04. The van der Waals surface area contributed by atoms with Crippen LogP contribution in [-0.2, 0) is 22.4 Å². The van der Waals surface area contributed by atoms with E-state index in [1.165, 1.54) is 45.7 Å². The van der Waals surface area contributed by atoms with Gasteiger partial charge >= 0.3 is 5.97 Å². The van der Waals surface area contributed by atoms with Crippen molar-refractivity contribution in [3.63, 3.8) is 0 Å². The normalized spacial score (nSPS) is 14.4. The molecule has 1 aromatic heterocycles. The van der Waals surface area contributed by atoms with E-state index in [4.69, 9.17) is 4.74 Å². The number of carbonyl (C=O) groups excluding carboxylic acids is 2. The van der Waals surface area contributed by atoms with Crippen LogP contribution in [0, 0.1) is 13.8 Å². The third-order valence-corrected chi connectivity index (χ3v) is 6.16. The number of aryl methyl sites for hydroxylation is 4. The number of hydrogen-bond acceptors (Lipinski definition) is 4. The summed E-state index contributed by atoms with van der Waals surface area (Å²) in [5, 5.41) is 2.89. The average Bonchev–Trinajstić information content (AvgIpc) is 3.06. The first-order valence-electron chi connectivity index (χ1n) is 9.09. The maximum atomic E-state index is 12.2. The van der Waals surface area contributed by atoms with E-state index in [-0.39, 0.29) is 18.6 Å². The summed E-state index contributed by atoms with van der Waals surface area (Å²) in [6.07, 6.45) is 4.44. The molecule has 0 unspecified atom stereocenters. The van der Waals surface area contributed by atoms with Crippen molar-refractivity contribution in [3.05, 3.63) is 56.3 Å². The zero-order valence-electron chi connectivity index (χ0n) is 15.6. The third-order valence-electron chi connectivity index (χ3n) is 4.94. The predicted molar refractivity (Wildman–Crippen MR) is 104 cm³/mol. The smallest absolute Gasteiger partial charge is 0.348 e. The molecule has 0 bridgehead atoms. The van der Waals surface area contributed by atoms with E-state index in [0.29, 0.717) is 4.88 Å². The Morgan fingerprint density at radius 1 is 1.15 bits per heavy atom. The molecule has 1 aromatic carbocycles. The number of rotatable bonds is 5. The Hall–Kier alpha value is -2.14. The fraction of sp³-hybridized carbons (Fsp3) is 0.429. The Labute approximate surface area is 158 Å². The van der Waals surface area contributed by atoms with Gasteiger partial charge in [-0.3, -0.25) is 4.79 Å². The maximum Gasteiger partial charge on any atom is 0.348 e. The summed E-state index contributed by atoms with van der Waals surface area (Å²) in [6.45, 7) is 5.79. The molecule has 138 valence electrons. The van der Waals surface area contributed by atoms with Crippen LogP contribution in [0.15, 0.2) is 24.3 Å². The van der Waals surface area contributed by atoms with E-state index in [2.05, 4.69) is 25.2 Å². The lowest BCUT2D eigenvalue weighted by molar-refractivity contribution is -0.124. The molecular weight excluding hydrogens is 346 g/mol. The maximum absolute atomic E-state index is 12.2. The van der Waals surface area contributed by atoms with Crippen molar-refractivity contribution in [2.45, 2.75) is 52.5 Å². The van der Waals surface area contributed by atoms with E-state index in [1.54, 1.807) is 0 Å². The van der Waals surface area contributed by atoms with Crippen LogP contribution in [0.3, 0.4) is 0 Å². The number of amides is 1. The van der Waals surface area contributed by atoms with Crippen molar-refractivity contribution in [1.82, 2.24) is 5.32 Å². The first-order valence-corrected chi connectivity index (χ1v) is 9.91. The van der Waals surface area contributed by atoms with Crippen molar-refractivity contribution in [1.29, 1.82) is 0 Å². The van der Waals surface area contributed by atoms with Gasteiger partial charge in [-0.15, -0.1) is 11.3 Å². The lowest BCUT2D eigenvalue weighted by atomic mass is 9.99. The molecule has 0 spiro atoms. The first-order chi connectivity index (χ1) is 12.4. The molecule has 0 radical (unpaired) electrons. The molecule has 0 saturated carbocycles. The molecule has 3 rings (SSSR count). The average molecular weight is 372 g/mol. The summed E-state index contributed by atoms with van der Waals surface area (Å²) in [6, 6.07) is 7.93. The van der Waals surface area contributed by atoms with Gasteiger partial charge in [0, 0.05) is 4.88 Å². The van der Waals surface area contributed by atoms with Crippen molar-refractivity contribution in [2.24, 2.45) is 0 Å². The number of esters is 1. The molecular formula is C21H25NO3S. The van der Waals surface area contributed by atoms with Crippen molar-refractivity contribution >= 4 is 23.2 Å². The second-order valence-electron chi connectivity index (χ2n) is 6.98. The van der Waals surface area contributed by atoms with Crippen LogP contribution in [0.25, 0.3) is 0 Å². The number of thiophene rings is 1. The van der Waals surface area contributed by atoms with Gasteiger partial charge in [-0.2, -0.15) is 0 Å². The Balaban J connectivity index is 1.52. The van der Waals surface area contributed by atoms with Gasteiger partial charge < -0.3 is 10.1 Å². The van der Waals surface area contributed by atoms with Gasteiger partial charge in [-0.05, 0) is 74.8 Å². The van der Waals surface area contributed by atoms with E-state index in [1.807, 2.05) is 25.1 Å². The van der Waals surface area contributed by atoms with Crippen LogP contribution in [0.4, 0.5) is 0 Å². The highest BCUT2D eigenvalue weighted by atomic mass is 32.1. The quantitative estimate of drug-likeness (QED) is 0.798. The topological polar surface area (TPSA) is 55.4 Å². The summed E-state index contributed by atoms with van der Waals surface area (Å²) >= 11 is 1.50. The number of nitrogens with one attached hydrogen (secondary N) is 1. The summed E-state index contributed by atoms with van der Waals surface area (Å²) in [5.41, 5.74) is 4.72. The van der Waals surface area contributed by atoms with E-state index in [0.717, 1.165) is 18.4 Å². The molecule has 1 atom stereocenters. The van der Waals surface area contributed by atoms with Crippen molar-refractivity contribution in [2.75, 3.05) is 6.61 Å². The molecule has 2 aromatic rings. The Morgan fingerprint density at radius 3 is 2.65 bits per heavy atom. The molecule has 5 heteroatoms. The highest BCUT2D eigenvalue weighted by molar-refractivity contribution is 7.14. The second-order valence-corrected chi connectivity index (χ2v) is 8.11. The largest absolute Gasteiger partial charge is 0.451 e. The van der Waals surface area contributed by atoms with Gasteiger partial charge in [0.05, 0.1) is 6.04 Å². The number of hydrogen-bond donors (Lipinski definition) is 1. The highest BCUT2D eigenvalue weighted by Gasteiger charge is 2.19. The lowest BCUT2D eigenvalue weighted by Gasteiger charge is -2.15. The standard InChI is InChI=1S/C21H25NO3S/c1-13-8-9-16(10-14(13)2)15(3)22-20(23)12-25-21(24)19-11-17-6-4-5-7-18(17)26-19/h8-11,15H,4-7,12H2,1-3H3,(H,22,23)/t15-/m0/s1. The molecule has 1 amide bonds. The van der Waals surface area contributed by atoms with Crippen LogP contribution >= 0.6 is 11.3 Å². The van der Waals surface area contributed by atoms with Gasteiger partial charge in [-0.25, -0.2) is 4.79 Å². The van der Waals surface area contributed by atoms with E-state index in [9.17, 15) is 9.59 Å². The first kappa shape index (κ1) is 18.6. The van der Waals surface area contributed by atoms with Crippen molar-refractivity contribution < 1.29 is 14.3 Å². The molecule has 26 heavy (non-hydrogen) atoms. The number of fused-ring (bicyclic) bond motifs is 1. The minimum Gasteiger partial charge on any atom is -0.451 e. The predicted octanol–water partition coefficient (Wildman–Crippen LogP) is 4.28. The summed E-state index contributed by atoms with van der Waals surface area (Å²) < 4.78 is 5.21. The lowest BCUT2D eigenvalue weighted by Crippen LogP contribution is -2.31. The number of benzene rings is 1. The van der Waals surface area contributed by atoms with Crippen LogP contribution in [0.2, 0.25) is 0 Å². The summed E-state index contributed by atoms with van der Waals surface area (Å²) in [4.78, 5) is 26.2. The highest BCUT2D eigenvalue weighted by Crippen LogP contribution is 2.30. The fourth-order valence-corrected chi connectivity index (χ4v) is 4.34. The Morgan fingerprint density at radius 2 is 1.92 bits per heavy atom. The van der Waals surface area contributed by atoms with Gasteiger partial charge in [0.25, 0.3) is 5.91 Å². The molecule has 0 fully saturated rings. The number of ether oxygens (including phenoxy) is 1. The number of carbonyl (C=O) groups is 2. The molecule has 1 heterocycles. The molecule has 1 aliphatic carbocycles. The molecule has 0 aliphatic heterocycles. The SMILES string of the molecule is Cc1ccc([C@H](C)NC(=O)COC(=O)c2cc3c(s2)CCCC3)cc1C. The van der Waals surface area contributed by atoms with Gasteiger partial charge in [-0.1, -0.05) is 18.2 Å². The Kier molecular flexibility index (Phi) is 5.77. The minimum absolute atomic E-state index is 0.130. The van der Waals surface area contributed by atoms with Crippen molar-refractivity contribution in [3.8, 4) is 0 Å². The van der Waals surface area contributed by atoms with Gasteiger partial charge in [0.15, 0.2) is 6.61 Å². The summed E-state index contributed by atoms with van der Waals surface area (Å²) in [5.74, 6) is -0.691. The zero-order chi connectivity index (χ0) is 18.7. The monoisotopic (exact) mass is 371 g/mol.